The number of azide groups is 1. The lowest BCUT2D eigenvalue weighted by Crippen LogP contribution is -2.41. The molecule has 1 amide bonds. The third-order valence-electron chi connectivity index (χ3n) is 6.30. The van der Waals surface area contributed by atoms with E-state index in [2.05, 4.69) is 15.3 Å². The average Bonchev–Trinajstić information content (AvgIpc) is 3.43. The van der Waals surface area contributed by atoms with Gasteiger partial charge in [0.2, 0.25) is 5.91 Å². The van der Waals surface area contributed by atoms with E-state index in [9.17, 15) is 9.59 Å². The molecule has 0 spiro atoms. The van der Waals surface area contributed by atoms with Crippen LogP contribution in [0, 0.1) is 0 Å². The third-order valence-corrected chi connectivity index (χ3v) is 6.30. The monoisotopic (exact) mass is 484 g/mol. The lowest BCUT2D eigenvalue weighted by Gasteiger charge is -2.25. The van der Waals surface area contributed by atoms with E-state index in [0.29, 0.717) is 0 Å². The molecule has 190 valence electrons. The molecule has 34 heavy (non-hydrogen) atoms. The molecule has 0 unspecified atom stereocenters. The van der Waals surface area contributed by atoms with Crippen molar-refractivity contribution in [2.24, 2.45) is 5.11 Å². The van der Waals surface area contributed by atoms with Gasteiger partial charge in [-0.15, -0.1) is 0 Å². The van der Waals surface area contributed by atoms with E-state index < -0.39 is 66.4 Å². The van der Waals surface area contributed by atoms with Crippen molar-refractivity contribution in [3.05, 3.63) is 10.4 Å². The van der Waals surface area contributed by atoms with Crippen LogP contribution in [-0.4, -0.2) is 92.5 Å². The van der Waals surface area contributed by atoms with E-state index in [1.807, 2.05) is 0 Å². The molecule has 13 nitrogen and oxygen atoms in total. The van der Waals surface area contributed by atoms with Crippen molar-refractivity contribution < 1.29 is 42.7 Å². The van der Waals surface area contributed by atoms with Crippen molar-refractivity contribution in [3.63, 3.8) is 0 Å². The molecule has 4 saturated heterocycles. The molecule has 0 aromatic heterocycles. The molecule has 0 bridgehead atoms. The van der Waals surface area contributed by atoms with E-state index in [0.717, 1.165) is 0 Å². The number of carbonyl (C=O) groups is 2. The van der Waals surface area contributed by atoms with Crippen LogP contribution in [0.25, 0.3) is 10.4 Å². The predicted molar refractivity (Wildman–Crippen MR) is 113 cm³/mol. The first kappa shape index (κ1) is 25.1. The third kappa shape index (κ3) is 5.30. The summed E-state index contributed by atoms with van der Waals surface area (Å²) in [5.41, 5.74) is 8.64. The summed E-state index contributed by atoms with van der Waals surface area (Å²) >= 11 is 0. The second-order valence-corrected chi connectivity index (χ2v) is 9.76. The Labute approximate surface area is 197 Å². The van der Waals surface area contributed by atoms with Gasteiger partial charge in [0.25, 0.3) is 0 Å². The van der Waals surface area contributed by atoms with Gasteiger partial charge in [0.1, 0.15) is 30.5 Å². The largest absolute Gasteiger partial charge is 0.469 e. The molecule has 4 aliphatic heterocycles. The van der Waals surface area contributed by atoms with Gasteiger partial charge in [-0.05, 0) is 33.2 Å². The smallest absolute Gasteiger partial charge is 0.308 e. The van der Waals surface area contributed by atoms with E-state index in [1.54, 1.807) is 27.7 Å². The zero-order chi connectivity index (χ0) is 24.7. The summed E-state index contributed by atoms with van der Waals surface area (Å²) in [6, 6.07) is 0. The lowest BCUT2D eigenvalue weighted by molar-refractivity contribution is -0.189. The highest BCUT2D eigenvalue weighted by Crippen LogP contribution is 2.41. The van der Waals surface area contributed by atoms with Gasteiger partial charge in [-0.2, -0.15) is 0 Å². The molecule has 4 rings (SSSR count). The minimum Gasteiger partial charge on any atom is -0.469 e. The summed E-state index contributed by atoms with van der Waals surface area (Å²) in [4.78, 5) is 27.3. The average molecular weight is 485 g/mol. The number of fused-ring (bicyclic) bond motifs is 2. The molecular weight excluding hydrogens is 452 g/mol. The fourth-order valence-corrected chi connectivity index (χ4v) is 5.02. The van der Waals surface area contributed by atoms with Crippen LogP contribution in [0.5, 0.6) is 0 Å². The van der Waals surface area contributed by atoms with Gasteiger partial charge in [-0.25, -0.2) is 0 Å². The molecule has 0 aromatic carbocycles. The Hall–Kier alpha value is -1.99. The number of hydrogen-bond donors (Lipinski definition) is 1. The number of methoxy groups -OCH3 is 1. The maximum atomic E-state index is 12.8. The summed E-state index contributed by atoms with van der Waals surface area (Å²) < 4.78 is 40.4. The maximum absolute atomic E-state index is 12.8. The molecule has 13 heteroatoms. The molecule has 4 fully saturated rings. The second kappa shape index (κ2) is 9.57. The van der Waals surface area contributed by atoms with Crippen molar-refractivity contribution in [1.29, 1.82) is 0 Å². The van der Waals surface area contributed by atoms with Crippen LogP contribution in [0.2, 0.25) is 0 Å². The maximum Gasteiger partial charge on any atom is 0.308 e. The van der Waals surface area contributed by atoms with Crippen LogP contribution >= 0.6 is 0 Å². The summed E-state index contributed by atoms with van der Waals surface area (Å²) in [5.74, 6) is -2.32. The Morgan fingerprint density at radius 2 is 1.38 bits per heavy atom. The Balaban J connectivity index is 1.34. The topological polar surface area (TPSA) is 160 Å². The van der Waals surface area contributed by atoms with Gasteiger partial charge in [0, 0.05) is 11.5 Å². The molecule has 0 saturated carbocycles. The summed E-state index contributed by atoms with van der Waals surface area (Å²) in [7, 11) is 1.31. The van der Waals surface area contributed by atoms with Crippen molar-refractivity contribution in [2.45, 2.75) is 101 Å². The highest BCUT2D eigenvalue weighted by atomic mass is 16.8. The Kier molecular flexibility index (Phi) is 7.07. The number of amides is 1. The zero-order valence-corrected chi connectivity index (χ0v) is 20.0. The van der Waals surface area contributed by atoms with Gasteiger partial charge in [-0.1, -0.05) is 5.11 Å². The number of nitrogens with zero attached hydrogens (tertiary/aromatic N) is 3. The van der Waals surface area contributed by atoms with Gasteiger partial charge < -0.3 is 38.5 Å². The minimum absolute atomic E-state index is 0.0280. The fraction of sp³-hybridized carbons (Fsp3) is 0.905. The first-order valence-corrected chi connectivity index (χ1v) is 11.4. The van der Waals surface area contributed by atoms with Crippen molar-refractivity contribution in [2.75, 3.05) is 20.2 Å². The minimum atomic E-state index is -0.823. The second-order valence-electron chi connectivity index (χ2n) is 9.76. The predicted octanol–water partition coefficient (Wildman–Crippen LogP) is 0.941. The summed E-state index contributed by atoms with van der Waals surface area (Å²) in [6.07, 6.45) is -3.78. The van der Waals surface area contributed by atoms with E-state index in [1.165, 1.54) is 7.11 Å². The number of hydrogen-bond acceptors (Lipinski definition) is 10. The van der Waals surface area contributed by atoms with Crippen LogP contribution < -0.4 is 5.32 Å². The van der Waals surface area contributed by atoms with Crippen molar-refractivity contribution in [3.8, 4) is 0 Å². The first-order valence-electron chi connectivity index (χ1n) is 11.4. The van der Waals surface area contributed by atoms with Crippen LogP contribution in [-0.2, 0) is 42.7 Å². The Morgan fingerprint density at radius 1 is 0.882 bits per heavy atom. The molecule has 4 heterocycles. The quantitative estimate of drug-likeness (QED) is 0.229. The molecule has 4 aliphatic rings. The molecule has 0 aromatic rings. The van der Waals surface area contributed by atoms with Crippen LogP contribution in [0.15, 0.2) is 5.11 Å². The fourth-order valence-electron chi connectivity index (χ4n) is 5.02. The normalized spacial score (nSPS) is 39.2. The lowest BCUT2D eigenvalue weighted by atomic mass is 10.0. The molecule has 0 aliphatic carbocycles. The van der Waals surface area contributed by atoms with Crippen molar-refractivity contribution in [1.82, 2.24) is 5.32 Å². The van der Waals surface area contributed by atoms with Gasteiger partial charge in [0.15, 0.2) is 11.6 Å². The van der Waals surface area contributed by atoms with Crippen LogP contribution in [0.1, 0.15) is 40.5 Å². The van der Waals surface area contributed by atoms with Crippen LogP contribution in [0.4, 0.5) is 0 Å². The number of carbonyl (C=O) groups excluding carboxylic acids is 2. The molecule has 0 radical (unpaired) electrons. The Bertz CT molecular complexity index is 846. The van der Waals surface area contributed by atoms with E-state index in [4.69, 9.17) is 38.7 Å². The molecule has 1 N–H and O–H groups in total. The summed E-state index contributed by atoms with van der Waals surface area (Å²) in [5, 5.41) is 6.45. The summed E-state index contributed by atoms with van der Waals surface area (Å²) in [6.45, 7) is 7.42. The highest BCUT2D eigenvalue weighted by Gasteiger charge is 2.56. The number of rotatable bonds is 8. The highest BCUT2D eigenvalue weighted by molar-refractivity contribution is 5.76. The SMILES string of the molecule is COC(=O)C[C@H]1O[C@@H](CNC(=O)C[C@@H]2O[C@H](CN=[N+]=[N-])[C@H]3OC(C)(C)O[C@H]32)[C@@H]2OC(C)(C)O[C@@H]21. The van der Waals surface area contributed by atoms with Gasteiger partial charge >= 0.3 is 5.97 Å². The van der Waals surface area contributed by atoms with Gasteiger partial charge in [0.05, 0.1) is 44.8 Å². The number of esters is 1. The van der Waals surface area contributed by atoms with Gasteiger partial charge in [-0.3, -0.25) is 9.59 Å². The zero-order valence-electron chi connectivity index (χ0n) is 20.0. The molecular formula is C21H32N4O9. The number of ether oxygens (including phenoxy) is 7. The van der Waals surface area contributed by atoms with Crippen LogP contribution in [0.3, 0.4) is 0 Å². The van der Waals surface area contributed by atoms with E-state index >= 15 is 0 Å². The standard InChI is InChI=1S/C21H32N4O9/c1-20(2)31-16-10(29-13(9-24-25-22)19(16)34-20)6-14(26)23-8-12-18-17(32-21(3,4)33-18)11(30-12)7-15(27)28-5/h10-13,16-19H,6-9H2,1-5H3,(H,23,26)/t10-,11+,12-,13+,16-,17+,18-,19+/m0/s1. The number of nitrogens with one attached hydrogen (secondary N) is 1. The van der Waals surface area contributed by atoms with Crippen molar-refractivity contribution >= 4 is 11.9 Å². The van der Waals surface area contributed by atoms with E-state index in [-0.39, 0.29) is 31.8 Å². The molecule has 8 atom stereocenters. The Morgan fingerprint density at radius 3 is 1.94 bits per heavy atom. The first-order chi connectivity index (χ1) is 16.0.